The van der Waals surface area contributed by atoms with Gasteiger partial charge in [-0.1, -0.05) is 20.8 Å². The Hall–Kier alpha value is -0.530. The number of carbonyl (C=O) groups excluding carboxylic acids is 1. The number of hydrogen-bond donors (Lipinski definition) is 0. The third kappa shape index (κ3) is 2.23. The highest BCUT2D eigenvalue weighted by Crippen LogP contribution is 2.20. The Balaban J connectivity index is 2.51. The third-order valence-corrected chi connectivity index (χ3v) is 2.28. The Bertz CT molecular complexity index is 163. The van der Waals surface area contributed by atoms with Crippen LogP contribution >= 0.6 is 0 Å². The molecule has 0 aromatic heterocycles. The van der Waals surface area contributed by atoms with Crippen molar-refractivity contribution in [3.8, 4) is 0 Å². The van der Waals surface area contributed by atoms with Crippen molar-refractivity contribution < 1.29 is 4.79 Å². The summed E-state index contributed by atoms with van der Waals surface area (Å²) in [7, 11) is 0. The Kier molecular flexibility index (Phi) is 2.76. The Morgan fingerprint density at radius 3 is 2.00 bits per heavy atom. The maximum atomic E-state index is 11.7. The van der Waals surface area contributed by atoms with Gasteiger partial charge in [0.2, 0.25) is 5.91 Å². The maximum Gasteiger partial charge on any atom is 0.227 e. The molecule has 0 N–H and O–H groups in total. The lowest BCUT2D eigenvalue weighted by Gasteiger charge is -2.32. The van der Waals surface area contributed by atoms with Crippen LogP contribution in [0.25, 0.3) is 0 Å². The molecule has 0 aromatic rings. The summed E-state index contributed by atoms with van der Waals surface area (Å²) in [5.41, 5.74) is -0.197. The fourth-order valence-corrected chi connectivity index (χ4v) is 1.57. The van der Waals surface area contributed by atoms with E-state index in [1.807, 2.05) is 25.7 Å². The van der Waals surface area contributed by atoms with E-state index in [2.05, 4.69) is 0 Å². The van der Waals surface area contributed by atoms with Crippen LogP contribution in [0.15, 0.2) is 0 Å². The molecule has 1 aliphatic heterocycles. The van der Waals surface area contributed by atoms with Crippen molar-refractivity contribution in [2.45, 2.75) is 40.0 Å². The Morgan fingerprint density at radius 1 is 1.08 bits per heavy atom. The van der Waals surface area contributed by atoms with Gasteiger partial charge in [-0.3, -0.25) is 4.79 Å². The zero-order valence-corrected chi connectivity index (χ0v) is 8.39. The van der Waals surface area contributed by atoms with Crippen LogP contribution in [-0.2, 0) is 4.79 Å². The third-order valence-electron chi connectivity index (χ3n) is 2.28. The first kappa shape index (κ1) is 9.56. The topological polar surface area (TPSA) is 20.3 Å². The summed E-state index contributed by atoms with van der Waals surface area (Å²) in [5, 5.41) is 0. The number of carbonyl (C=O) groups is 1. The lowest BCUT2D eigenvalue weighted by atomic mass is 9.67. The zero-order chi connectivity index (χ0) is 9.19. The molecule has 1 heterocycles. The number of nitrogens with zero attached hydrogens (tertiary/aromatic N) is 1. The summed E-state index contributed by atoms with van der Waals surface area (Å²) in [5.74, 6) is 0.308. The molecular formula is C10H19NO. The van der Waals surface area contributed by atoms with Gasteiger partial charge in [0, 0.05) is 18.5 Å². The van der Waals surface area contributed by atoms with Crippen LogP contribution in [0.5, 0.6) is 0 Å². The van der Waals surface area contributed by atoms with Crippen LogP contribution in [0.4, 0.5) is 0 Å². The fourth-order valence-electron chi connectivity index (χ4n) is 1.57. The van der Waals surface area contributed by atoms with Gasteiger partial charge < -0.3 is 4.90 Å². The number of amides is 1. The molecule has 12 heavy (non-hydrogen) atoms. The van der Waals surface area contributed by atoms with Crippen LogP contribution < -0.4 is 0 Å². The Morgan fingerprint density at radius 2 is 1.58 bits per heavy atom. The van der Waals surface area contributed by atoms with Gasteiger partial charge in [-0.05, 0) is 19.3 Å². The van der Waals surface area contributed by atoms with E-state index >= 15 is 0 Å². The van der Waals surface area contributed by atoms with Crippen molar-refractivity contribution in [2.75, 3.05) is 13.1 Å². The molecule has 0 radical (unpaired) electrons. The summed E-state index contributed by atoms with van der Waals surface area (Å²) in [4.78, 5) is 13.7. The first-order valence-corrected chi connectivity index (χ1v) is 4.81. The fraction of sp³-hybridized carbons (Fsp3) is 0.900. The zero-order valence-electron chi connectivity index (χ0n) is 8.39. The second-order valence-electron chi connectivity index (χ2n) is 4.60. The average molecular weight is 168 g/mol. The van der Waals surface area contributed by atoms with E-state index in [9.17, 15) is 4.79 Å². The van der Waals surface area contributed by atoms with Gasteiger partial charge >= 0.3 is 0 Å². The molecule has 0 saturated carbocycles. The first-order chi connectivity index (χ1) is 5.52. The molecule has 1 fully saturated rings. The minimum atomic E-state index is -0.197. The lowest BCUT2D eigenvalue weighted by molar-refractivity contribution is -0.140. The van der Waals surface area contributed by atoms with Gasteiger partial charge in [0.05, 0.1) is 0 Å². The van der Waals surface area contributed by atoms with E-state index in [0.29, 0.717) is 5.91 Å². The smallest absolute Gasteiger partial charge is 0.227 e. The summed E-state index contributed by atoms with van der Waals surface area (Å²) < 4.78 is 0. The summed E-state index contributed by atoms with van der Waals surface area (Å²) in [6.07, 6.45) is 3.65. The number of likely N-dealkylation sites (tertiary alicyclic amines) is 1. The van der Waals surface area contributed by atoms with Gasteiger partial charge in [-0.2, -0.15) is 0 Å². The highest BCUT2D eigenvalue weighted by Gasteiger charge is 2.27. The van der Waals surface area contributed by atoms with Crippen molar-refractivity contribution in [1.82, 2.24) is 4.90 Å². The lowest BCUT2D eigenvalue weighted by Crippen LogP contribution is -2.42. The van der Waals surface area contributed by atoms with E-state index in [0.717, 1.165) is 13.1 Å². The molecule has 1 aliphatic rings. The number of hydrogen-bond acceptors (Lipinski definition) is 1. The standard InChI is InChI=1S/C10H19NO/c1-10(2,3)9(12)11-7-5-4-6-8-11/h4-8H2,1-3H3/i9-1. The summed E-state index contributed by atoms with van der Waals surface area (Å²) in [6, 6.07) is 0. The highest BCUT2D eigenvalue weighted by molar-refractivity contribution is 5.81. The highest BCUT2D eigenvalue weighted by atomic mass is 16.1. The molecule has 0 aliphatic carbocycles. The van der Waals surface area contributed by atoms with Crippen LogP contribution in [0.1, 0.15) is 40.0 Å². The molecule has 2 nitrogen and oxygen atoms in total. The van der Waals surface area contributed by atoms with Gasteiger partial charge in [0.25, 0.3) is 0 Å². The van der Waals surface area contributed by atoms with E-state index in [1.54, 1.807) is 0 Å². The molecule has 0 atom stereocenters. The predicted octanol–water partition coefficient (Wildman–Crippen LogP) is 2.04. The van der Waals surface area contributed by atoms with Gasteiger partial charge in [-0.25, -0.2) is 0 Å². The first-order valence-electron chi connectivity index (χ1n) is 4.81. The Labute approximate surface area is 74.9 Å². The monoisotopic (exact) mass is 168 g/mol. The van der Waals surface area contributed by atoms with Crippen molar-refractivity contribution in [1.29, 1.82) is 0 Å². The van der Waals surface area contributed by atoms with Gasteiger partial charge in [-0.15, -0.1) is 0 Å². The van der Waals surface area contributed by atoms with E-state index in [-0.39, 0.29) is 5.41 Å². The summed E-state index contributed by atoms with van der Waals surface area (Å²) in [6.45, 7) is 7.91. The average Bonchev–Trinajstić information content (AvgIpc) is 2.03. The van der Waals surface area contributed by atoms with Crippen LogP contribution in [-0.4, -0.2) is 23.9 Å². The molecule has 2 heteroatoms. The number of piperidine rings is 1. The number of rotatable bonds is 0. The molecule has 0 aromatic carbocycles. The van der Waals surface area contributed by atoms with E-state index < -0.39 is 0 Å². The predicted molar refractivity (Wildman–Crippen MR) is 49.9 cm³/mol. The minimum Gasteiger partial charge on any atom is -0.342 e. The van der Waals surface area contributed by atoms with Gasteiger partial charge in [0.1, 0.15) is 0 Å². The normalized spacial score (nSPS) is 19.4. The SMILES string of the molecule is CC(C)(C)[11C](=O)N1CCCCC1. The van der Waals surface area contributed by atoms with Crippen molar-refractivity contribution in [3.05, 3.63) is 0 Å². The van der Waals surface area contributed by atoms with Crippen molar-refractivity contribution in [2.24, 2.45) is 5.41 Å². The van der Waals surface area contributed by atoms with Crippen molar-refractivity contribution >= 4 is 5.91 Å². The van der Waals surface area contributed by atoms with Crippen LogP contribution in [0.2, 0.25) is 0 Å². The van der Waals surface area contributed by atoms with Crippen LogP contribution in [0, 0.1) is 5.41 Å². The largest absolute Gasteiger partial charge is 0.342 e. The van der Waals surface area contributed by atoms with Gasteiger partial charge in [0.15, 0.2) is 0 Å². The molecular weight excluding hydrogens is 149 g/mol. The molecule has 0 spiro atoms. The molecule has 1 rings (SSSR count). The molecule has 70 valence electrons. The van der Waals surface area contributed by atoms with E-state index in [1.165, 1.54) is 19.3 Å². The maximum absolute atomic E-state index is 11.7. The summed E-state index contributed by atoms with van der Waals surface area (Å²) >= 11 is 0. The van der Waals surface area contributed by atoms with E-state index in [4.69, 9.17) is 0 Å². The van der Waals surface area contributed by atoms with Crippen molar-refractivity contribution in [3.63, 3.8) is 0 Å². The molecule has 0 bridgehead atoms. The molecule has 1 amide bonds. The second kappa shape index (κ2) is 3.46. The second-order valence-corrected chi connectivity index (χ2v) is 4.60. The quantitative estimate of drug-likeness (QED) is 0.542. The molecule has 0 unspecified atom stereocenters. The van der Waals surface area contributed by atoms with Crippen LogP contribution in [0.3, 0.4) is 0 Å². The molecule has 1 saturated heterocycles. The minimum absolute atomic E-state index is 0.197.